The van der Waals surface area contributed by atoms with Crippen LogP contribution in [0.4, 0.5) is 0 Å². The summed E-state index contributed by atoms with van der Waals surface area (Å²) in [5.74, 6) is 1.64. The van der Waals surface area contributed by atoms with Crippen molar-refractivity contribution in [2.75, 3.05) is 6.54 Å². The molecule has 1 aromatic rings. The number of likely N-dealkylation sites (tertiary alicyclic amines) is 1. The van der Waals surface area contributed by atoms with Gasteiger partial charge < -0.3 is 26.2 Å². The number of β-amino-alcohol motifs (C(OH)–C–C–N with tert-alkyl or cyclic N) is 1. The van der Waals surface area contributed by atoms with Crippen LogP contribution in [0.3, 0.4) is 0 Å². The lowest BCUT2D eigenvalue weighted by atomic mass is 9.86. The number of aliphatic hydroxyl groups excluding tert-OH is 1. The van der Waals surface area contributed by atoms with Crippen molar-refractivity contribution < 1.29 is 19.8 Å². The van der Waals surface area contributed by atoms with Gasteiger partial charge in [-0.15, -0.1) is 6.42 Å². The molecule has 0 unspecified atom stereocenters. The summed E-state index contributed by atoms with van der Waals surface area (Å²) in [6.07, 6.45) is 4.65. The number of benzene rings is 1. The highest BCUT2D eigenvalue weighted by atomic mass is 16.3. The first-order valence-electron chi connectivity index (χ1n) is 8.85. The van der Waals surface area contributed by atoms with Crippen LogP contribution in [0.25, 0.3) is 0 Å². The third-order valence-electron chi connectivity index (χ3n) is 4.77. The number of carbonyl (C=O) groups excluding carboxylic acids is 2. The molecule has 0 aliphatic carbocycles. The zero-order chi connectivity index (χ0) is 20.4. The summed E-state index contributed by atoms with van der Waals surface area (Å²) in [5, 5.41) is 22.6. The molecule has 146 valence electrons. The number of carbonyl (C=O) groups is 2. The second-order valence-electron chi connectivity index (χ2n) is 7.95. The molecule has 7 heteroatoms. The molecule has 0 aromatic heterocycles. The Kier molecular flexibility index (Phi) is 6.14. The van der Waals surface area contributed by atoms with Crippen LogP contribution in [-0.2, 0) is 16.1 Å². The second kappa shape index (κ2) is 7.99. The first kappa shape index (κ1) is 20.7. The molecule has 2 rings (SSSR count). The summed E-state index contributed by atoms with van der Waals surface area (Å²) in [4.78, 5) is 26.7. The van der Waals surface area contributed by atoms with Gasteiger partial charge in [0.25, 0.3) is 0 Å². The number of aromatic hydroxyl groups is 1. The molecule has 1 aromatic carbocycles. The molecule has 0 saturated carbocycles. The standard InChI is InChI=1S/C20H27N3O4/c1-5-12-6-7-13(16(25)8-12)10-22-18(26)15-9-14(24)11-23(15)19(27)17(21)20(2,3)4/h1,6-8,14-15,17,24-25H,9-11,21H2,2-4H3,(H,22,26)/t14-,15+,17-/m1/s1. The molecule has 0 radical (unpaired) electrons. The van der Waals surface area contributed by atoms with E-state index in [1.807, 2.05) is 20.8 Å². The van der Waals surface area contributed by atoms with Gasteiger partial charge in [0.05, 0.1) is 12.1 Å². The second-order valence-corrected chi connectivity index (χ2v) is 7.95. The molecule has 0 bridgehead atoms. The Morgan fingerprint density at radius 1 is 1.44 bits per heavy atom. The van der Waals surface area contributed by atoms with E-state index in [2.05, 4.69) is 11.2 Å². The van der Waals surface area contributed by atoms with Crippen LogP contribution < -0.4 is 11.1 Å². The van der Waals surface area contributed by atoms with Crippen molar-refractivity contribution in [1.29, 1.82) is 0 Å². The number of aliphatic hydroxyl groups is 1. The van der Waals surface area contributed by atoms with E-state index in [0.717, 1.165) is 0 Å². The maximum Gasteiger partial charge on any atom is 0.243 e. The molecule has 0 spiro atoms. The molecule has 1 heterocycles. The molecule has 7 nitrogen and oxygen atoms in total. The van der Waals surface area contributed by atoms with Crippen LogP contribution >= 0.6 is 0 Å². The zero-order valence-electron chi connectivity index (χ0n) is 15.9. The average molecular weight is 373 g/mol. The number of amides is 2. The Bertz CT molecular complexity index is 763. The van der Waals surface area contributed by atoms with E-state index in [1.165, 1.54) is 11.0 Å². The normalized spacial score (nSPS) is 20.8. The van der Waals surface area contributed by atoms with Gasteiger partial charge in [0, 0.05) is 30.6 Å². The summed E-state index contributed by atoms with van der Waals surface area (Å²) in [6, 6.07) is 3.16. The molecule has 5 N–H and O–H groups in total. The Balaban J connectivity index is 2.07. The number of hydrogen-bond donors (Lipinski definition) is 4. The highest BCUT2D eigenvalue weighted by Gasteiger charge is 2.42. The van der Waals surface area contributed by atoms with Crippen molar-refractivity contribution in [3.8, 4) is 18.1 Å². The average Bonchev–Trinajstić information content (AvgIpc) is 3.00. The molecule has 3 atom stereocenters. The first-order chi connectivity index (χ1) is 12.5. The number of phenols is 1. The van der Waals surface area contributed by atoms with Crippen molar-refractivity contribution >= 4 is 11.8 Å². The predicted octanol–water partition coefficient (Wildman–Crippen LogP) is 0.325. The molecule has 1 aliphatic heterocycles. The lowest BCUT2D eigenvalue weighted by Crippen LogP contribution is -2.54. The van der Waals surface area contributed by atoms with Crippen molar-refractivity contribution in [2.24, 2.45) is 11.1 Å². The lowest BCUT2D eigenvalue weighted by Gasteiger charge is -2.32. The molecule has 1 saturated heterocycles. The van der Waals surface area contributed by atoms with E-state index < -0.39 is 29.5 Å². The number of hydrogen-bond acceptors (Lipinski definition) is 5. The van der Waals surface area contributed by atoms with Crippen LogP contribution in [0.1, 0.15) is 38.3 Å². The van der Waals surface area contributed by atoms with Gasteiger partial charge in [-0.2, -0.15) is 0 Å². The molecule has 1 aliphatic rings. The van der Waals surface area contributed by atoms with Crippen molar-refractivity contribution in [3.63, 3.8) is 0 Å². The monoisotopic (exact) mass is 373 g/mol. The fourth-order valence-electron chi connectivity index (χ4n) is 2.96. The van der Waals surface area contributed by atoms with Gasteiger partial charge in [-0.25, -0.2) is 0 Å². The van der Waals surface area contributed by atoms with Gasteiger partial charge in [0.2, 0.25) is 11.8 Å². The number of nitrogens with one attached hydrogen (secondary N) is 1. The fraction of sp³-hybridized carbons (Fsp3) is 0.500. The minimum absolute atomic E-state index is 0.0140. The van der Waals surface area contributed by atoms with E-state index in [0.29, 0.717) is 11.1 Å². The zero-order valence-corrected chi connectivity index (χ0v) is 15.9. The van der Waals surface area contributed by atoms with Crippen LogP contribution in [0.5, 0.6) is 5.75 Å². The fourth-order valence-corrected chi connectivity index (χ4v) is 2.96. The number of phenolic OH excluding ortho intramolecular Hbond substituents is 1. The van der Waals surface area contributed by atoms with E-state index in [4.69, 9.17) is 12.2 Å². The van der Waals surface area contributed by atoms with Gasteiger partial charge in [0.15, 0.2) is 0 Å². The van der Waals surface area contributed by atoms with Crippen LogP contribution in [0.15, 0.2) is 18.2 Å². The van der Waals surface area contributed by atoms with E-state index in [9.17, 15) is 19.8 Å². The SMILES string of the molecule is C#Cc1ccc(CNC(=O)[C@@H]2C[C@@H](O)CN2C(=O)[C@@H](N)C(C)(C)C)c(O)c1. The first-order valence-corrected chi connectivity index (χ1v) is 8.85. The topological polar surface area (TPSA) is 116 Å². The Labute approximate surface area is 159 Å². The quantitative estimate of drug-likeness (QED) is 0.568. The third-order valence-corrected chi connectivity index (χ3v) is 4.77. The molecular formula is C20H27N3O4. The summed E-state index contributed by atoms with van der Waals surface area (Å²) >= 11 is 0. The number of nitrogens with two attached hydrogens (primary N) is 1. The predicted molar refractivity (Wildman–Crippen MR) is 101 cm³/mol. The van der Waals surface area contributed by atoms with Gasteiger partial charge in [-0.1, -0.05) is 32.8 Å². The largest absolute Gasteiger partial charge is 0.508 e. The highest BCUT2D eigenvalue weighted by molar-refractivity contribution is 5.90. The minimum Gasteiger partial charge on any atom is -0.508 e. The van der Waals surface area contributed by atoms with E-state index in [-0.39, 0.29) is 31.2 Å². The third kappa shape index (κ3) is 4.79. The Morgan fingerprint density at radius 2 is 2.11 bits per heavy atom. The number of terminal acetylenes is 1. The smallest absolute Gasteiger partial charge is 0.243 e. The summed E-state index contributed by atoms with van der Waals surface area (Å²) < 4.78 is 0. The van der Waals surface area contributed by atoms with Gasteiger partial charge in [0.1, 0.15) is 11.8 Å². The lowest BCUT2D eigenvalue weighted by molar-refractivity contribution is -0.141. The van der Waals surface area contributed by atoms with Crippen LogP contribution in [-0.4, -0.2) is 51.7 Å². The Hall–Kier alpha value is -2.56. The molecule has 1 fully saturated rings. The molecule has 2 amide bonds. The molecular weight excluding hydrogens is 346 g/mol. The van der Waals surface area contributed by atoms with Crippen molar-refractivity contribution in [3.05, 3.63) is 29.3 Å². The summed E-state index contributed by atoms with van der Waals surface area (Å²) in [5.41, 5.74) is 6.62. The van der Waals surface area contributed by atoms with Crippen LogP contribution in [0, 0.1) is 17.8 Å². The minimum atomic E-state index is -0.798. The maximum absolute atomic E-state index is 12.7. The number of rotatable bonds is 4. The van der Waals surface area contributed by atoms with Gasteiger partial charge in [-0.3, -0.25) is 9.59 Å². The van der Waals surface area contributed by atoms with E-state index in [1.54, 1.807) is 12.1 Å². The Morgan fingerprint density at radius 3 is 2.67 bits per heavy atom. The maximum atomic E-state index is 12.7. The van der Waals surface area contributed by atoms with Crippen LogP contribution in [0.2, 0.25) is 0 Å². The molecule has 27 heavy (non-hydrogen) atoms. The highest BCUT2D eigenvalue weighted by Crippen LogP contribution is 2.25. The summed E-state index contributed by atoms with van der Waals surface area (Å²) in [6.45, 7) is 5.69. The van der Waals surface area contributed by atoms with Gasteiger partial charge >= 0.3 is 0 Å². The number of nitrogens with zero attached hydrogens (tertiary/aromatic N) is 1. The van der Waals surface area contributed by atoms with E-state index >= 15 is 0 Å². The van der Waals surface area contributed by atoms with Gasteiger partial charge in [-0.05, 0) is 17.5 Å². The van der Waals surface area contributed by atoms with Crippen molar-refractivity contribution in [1.82, 2.24) is 10.2 Å². The summed E-state index contributed by atoms with van der Waals surface area (Å²) in [7, 11) is 0. The van der Waals surface area contributed by atoms with Crippen molar-refractivity contribution in [2.45, 2.75) is 51.9 Å².